The Morgan fingerprint density at radius 3 is 2.38 bits per heavy atom. The standard InChI is InChI=1S/C19H17BrN2O3S/c1-11-5-12(2)7-13(6-11)18-21-22-19(25-18)26-10-14-8-16-17(9-15(14)20)24-4-3-23-16/h5-9H,3-4,10H2,1-2H3. The highest BCUT2D eigenvalue weighted by Gasteiger charge is 2.16. The third kappa shape index (κ3) is 3.73. The number of benzene rings is 2. The van der Waals surface area contributed by atoms with Crippen molar-refractivity contribution in [3.63, 3.8) is 0 Å². The minimum atomic E-state index is 0.542. The second kappa shape index (κ2) is 7.32. The molecule has 26 heavy (non-hydrogen) atoms. The van der Waals surface area contributed by atoms with Gasteiger partial charge in [0, 0.05) is 15.8 Å². The number of nitrogens with zero attached hydrogens (tertiary/aromatic N) is 2. The van der Waals surface area contributed by atoms with E-state index in [0.717, 1.165) is 27.1 Å². The van der Waals surface area contributed by atoms with Crippen LogP contribution >= 0.6 is 27.7 Å². The van der Waals surface area contributed by atoms with Crippen molar-refractivity contribution in [2.45, 2.75) is 24.8 Å². The summed E-state index contributed by atoms with van der Waals surface area (Å²) in [5.41, 5.74) is 4.38. The van der Waals surface area contributed by atoms with Crippen LogP contribution in [-0.2, 0) is 5.75 Å². The highest BCUT2D eigenvalue weighted by Crippen LogP contribution is 2.38. The van der Waals surface area contributed by atoms with Gasteiger partial charge in [-0.1, -0.05) is 44.9 Å². The lowest BCUT2D eigenvalue weighted by Gasteiger charge is -2.19. The summed E-state index contributed by atoms with van der Waals surface area (Å²) in [7, 11) is 0. The van der Waals surface area contributed by atoms with Gasteiger partial charge >= 0.3 is 0 Å². The number of hydrogen-bond donors (Lipinski definition) is 0. The smallest absolute Gasteiger partial charge is 0.277 e. The Morgan fingerprint density at radius 2 is 1.65 bits per heavy atom. The zero-order valence-electron chi connectivity index (χ0n) is 14.4. The van der Waals surface area contributed by atoms with Crippen LogP contribution in [0.15, 0.2) is 44.4 Å². The molecule has 0 aliphatic carbocycles. The molecule has 134 valence electrons. The second-order valence-corrected chi connectivity index (χ2v) is 7.91. The third-order valence-electron chi connectivity index (χ3n) is 3.94. The van der Waals surface area contributed by atoms with E-state index in [1.54, 1.807) is 0 Å². The Balaban J connectivity index is 1.50. The molecular formula is C19H17BrN2O3S. The van der Waals surface area contributed by atoms with E-state index in [2.05, 4.69) is 46.0 Å². The molecule has 0 spiro atoms. The van der Waals surface area contributed by atoms with Crippen LogP contribution in [0, 0.1) is 13.8 Å². The van der Waals surface area contributed by atoms with E-state index in [4.69, 9.17) is 13.9 Å². The fourth-order valence-electron chi connectivity index (χ4n) is 2.84. The van der Waals surface area contributed by atoms with Crippen molar-refractivity contribution in [1.82, 2.24) is 10.2 Å². The summed E-state index contributed by atoms with van der Waals surface area (Å²) in [5, 5.41) is 8.88. The molecule has 0 amide bonds. The van der Waals surface area contributed by atoms with Gasteiger partial charge in [0.05, 0.1) is 0 Å². The summed E-state index contributed by atoms with van der Waals surface area (Å²) in [6.45, 7) is 5.27. The molecule has 0 saturated heterocycles. The summed E-state index contributed by atoms with van der Waals surface area (Å²) in [6.07, 6.45) is 0. The van der Waals surface area contributed by atoms with Crippen molar-refractivity contribution in [1.29, 1.82) is 0 Å². The molecule has 0 N–H and O–H groups in total. The van der Waals surface area contributed by atoms with Gasteiger partial charge in [-0.3, -0.25) is 0 Å². The summed E-state index contributed by atoms with van der Waals surface area (Å²) in [5.74, 6) is 2.77. The summed E-state index contributed by atoms with van der Waals surface area (Å²) >= 11 is 5.09. The molecule has 2 heterocycles. The van der Waals surface area contributed by atoms with E-state index in [1.807, 2.05) is 24.3 Å². The van der Waals surface area contributed by atoms with Crippen LogP contribution in [0.2, 0.25) is 0 Å². The van der Waals surface area contributed by atoms with Gasteiger partial charge in [-0.25, -0.2) is 0 Å². The Kier molecular flexibility index (Phi) is 4.91. The van der Waals surface area contributed by atoms with Crippen LogP contribution in [0.1, 0.15) is 16.7 Å². The Labute approximate surface area is 164 Å². The molecule has 0 atom stereocenters. The lowest BCUT2D eigenvalue weighted by Crippen LogP contribution is -2.15. The highest BCUT2D eigenvalue weighted by atomic mass is 79.9. The van der Waals surface area contributed by atoms with E-state index < -0.39 is 0 Å². The molecule has 0 saturated carbocycles. The zero-order chi connectivity index (χ0) is 18.1. The van der Waals surface area contributed by atoms with Gasteiger partial charge in [-0.05, 0) is 43.7 Å². The van der Waals surface area contributed by atoms with Crippen molar-refractivity contribution in [3.05, 3.63) is 51.5 Å². The largest absolute Gasteiger partial charge is 0.486 e. The number of hydrogen-bond acceptors (Lipinski definition) is 6. The number of aryl methyl sites for hydroxylation is 2. The number of rotatable bonds is 4. The van der Waals surface area contributed by atoms with Gasteiger partial charge in [0.1, 0.15) is 13.2 Å². The second-order valence-electron chi connectivity index (χ2n) is 6.13. The van der Waals surface area contributed by atoms with Gasteiger partial charge in [-0.15, -0.1) is 10.2 Å². The fourth-order valence-corrected chi connectivity index (χ4v) is 4.24. The van der Waals surface area contributed by atoms with Crippen LogP contribution in [0.3, 0.4) is 0 Å². The first-order chi connectivity index (χ1) is 12.6. The SMILES string of the molecule is Cc1cc(C)cc(-c2nnc(SCc3cc4c(cc3Br)OCCO4)o2)c1. The molecule has 2 aromatic carbocycles. The van der Waals surface area contributed by atoms with Gasteiger partial charge in [-0.2, -0.15) is 0 Å². The van der Waals surface area contributed by atoms with Crippen molar-refractivity contribution in [2.75, 3.05) is 13.2 Å². The van der Waals surface area contributed by atoms with Crippen LogP contribution in [-0.4, -0.2) is 23.4 Å². The van der Waals surface area contributed by atoms with E-state index >= 15 is 0 Å². The lowest BCUT2D eigenvalue weighted by atomic mass is 10.1. The average Bonchev–Trinajstić information content (AvgIpc) is 3.08. The Hall–Kier alpha value is -1.99. The molecule has 0 unspecified atom stereocenters. The van der Waals surface area contributed by atoms with Gasteiger partial charge in [0.25, 0.3) is 5.22 Å². The number of aromatic nitrogens is 2. The Morgan fingerprint density at radius 1 is 0.962 bits per heavy atom. The normalized spacial score (nSPS) is 13.0. The van der Waals surface area contributed by atoms with Crippen LogP contribution in [0.5, 0.6) is 11.5 Å². The molecular weight excluding hydrogens is 416 g/mol. The van der Waals surface area contributed by atoms with Crippen molar-refractivity contribution in [3.8, 4) is 23.0 Å². The van der Waals surface area contributed by atoms with E-state index in [0.29, 0.717) is 30.1 Å². The van der Waals surface area contributed by atoms with Crippen molar-refractivity contribution < 1.29 is 13.9 Å². The first kappa shape index (κ1) is 17.4. The van der Waals surface area contributed by atoms with Gasteiger partial charge < -0.3 is 13.9 Å². The molecule has 0 radical (unpaired) electrons. The van der Waals surface area contributed by atoms with E-state index in [-0.39, 0.29) is 0 Å². The van der Waals surface area contributed by atoms with E-state index in [9.17, 15) is 0 Å². The summed E-state index contributed by atoms with van der Waals surface area (Å²) < 4.78 is 18.0. The summed E-state index contributed by atoms with van der Waals surface area (Å²) in [6, 6.07) is 10.2. The van der Waals surface area contributed by atoms with Crippen LogP contribution in [0.25, 0.3) is 11.5 Å². The first-order valence-corrected chi connectivity index (χ1v) is 9.99. The van der Waals surface area contributed by atoms with E-state index in [1.165, 1.54) is 22.9 Å². The van der Waals surface area contributed by atoms with Crippen LogP contribution < -0.4 is 9.47 Å². The number of ether oxygens (including phenoxy) is 2. The van der Waals surface area contributed by atoms with Gasteiger partial charge in [0.15, 0.2) is 11.5 Å². The number of thioether (sulfide) groups is 1. The van der Waals surface area contributed by atoms with Crippen molar-refractivity contribution >= 4 is 27.7 Å². The quantitative estimate of drug-likeness (QED) is 0.529. The highest BCUT2D eigenvalue weighted by molar-refractivity contribution is 9.10. The molecule has 4 rings (SSSR count). The molecule has 1 aromatic heterocycles. The van der Waals surface area contributed by atoms with Gasteiger partial charge in [0.2, 0.25) is 5.89 Å². The molecule has 7 heteroatoms. The molecule has 5 nitrogen and oxygen atoms in total. The fraction of sp³-hybridized carbons (Fsp3) is 0.263. The maximum absolute atomic E-state index is 5.82. The predicted molar refractivity (Wildman–Crippen MR) is 104 cm³/mol. The topological polar surface area (TPSA) is 57.4 Å². The number of halogens is 1. The summed E-state index contributed by atoms with van der Waals surface area (Å²) in [4.78, 5) is 0. The molecule has 0 fully saturated rings. The maximum atomic E-state index is 5.82. The van der Waals surface area contributed by atoms with Crippen LogP contribution in [0.4, 0.5) is 0 Å². The maximum Gasteiger partial charge on any atom is 0.277 e. The van der Waals surface area contributed by atoms with Crippen molar-refractivity contribution in [2.24, 2.45) is 0 Å². The molecule has 0 bridgehead atoms. The minimum Gasteiger partial charge on any atom is -0.486 e. The molecule has 1 aliphatic heterocycles. The average molecular weight is 433 g/mol. The number of fused-ring (bicyclic) bond motifs is 1. The minimum absolute atomic E-state index is 0.542. The first-order valence-electron chi connectivity index (χ1n) is 8.21. The predicted octanol–water partition coefficient (Wildman–Crippen LogP) is 5.18. The Bertz CT molecular complexity index is 938. The lowest BCUT2D eigenvalue weighted by molar-refractivity contribution is 0.171. The zero-order valence-corrected chi connectivity index (χ0v) is 16.8. The monoisotopic (exact) mass is 432 g/mol. The third-order valence-corrected chi connectivity index (χ3v) is 5.54. The molecule has 3 aromatic rings. The molecule has 1 aliphatic rings.